The van der Waals surface area contributed by atoms with Crippen molar-refractivity contribution in [1.82, 2.24) is 14.8 Å². The van der Waals surface area contributed by atoms with Crippen LogP contribution < -0.4 is 5.32 Å². The van der Waals surface area contributed by atoms with E-state index in [2.05, 4.69) is 15.5 Å². The van der Waals surface area contributed by atoms with Crippen LogP contribution in [0, 0.1) is 0 Å². The highest BCUT2D eigenvalue weighted by atomic mass is 32.2. The number of alkyl halides is 3. The molecule has 0 radical (unpaired) electrons. The van der Waals surface area contributed by atoms with Crippen molar-refractivity contribution in [3.63, 3.8) is 0 Å². The van der Waals surface area contributed by atoms with Crippen LogP contribution in [0.15, 0.2) is 35.7 Å². The molecule has 1 aromatic heterocycles. The molecule has 0 aliphatic rings. The van der Waals surface area contributed by atoms with Gasteiger partial charge in [0, 0.05) is 11.7 Å². The predicted molar refractivity (Wildman–Crippen MR) is 81.2 cm³/mol. The molecule has 1 amide bonds. The Kier molecular flexibility index (Phi) is 5.30. The van der Waals surface area contributed by atoms with Gasteiger partial charge in [-0.15, -0.1) is 10.2 Å². The lowest BCUT2D eigenvalue weighted by Crippen LogP contribution is -2.15. The Balaban J connectivity index is 1.96. The van der Waals surface area contributed by atoms with E-state index in [-0.39, 0.29) is 17.5 Å². The fourth-order valence-electron chi connectivity index (χ4n) is 1.79. The highest BCUT2D eigenvalue weighted by Gasteiger charge is 2.30. The van der Waals surface area contributed by atoms with E-state index in [1.165, 1.54) is 23.9 Å². The number of benzene rings is 1. The minimum Gasteiger partial charge on any atom is -0.325 e. The van der Waals surface area contributed by atoms with Gasteiger partial charge < -0.3 is 9.88 Å². The van der Waals surface area contributed by atoms with Gasteiger partial charge in [0.05, 0.1) is 11.3 Å². The largest absolute Gasteiger partial charge is 0.416 e. The van der Waals surface area contributed by atoms with Crippen molar-refractivity contribution in [2.75, 3.05) is 11.1 Å². The van der Waals surface area contributed by atoms with E-state index in [9.17, 15) is 18.0 Å². The monoisotopic (exact) mass is 344 g/mol. The second-order valence-corrected chi connectivity index (χ2v) is 5.97. The maximum absolute atomic E-state index is 12.6. The molecule has 0 saturated carbocycles. The quantitative estimate of drug-likeness (QED) is 0.842. The fourth-order valence-corrected chi connectivity index (χ4v) is 2.63. The zero-order chi connectivity index (χ0) is 17.0. The van der Waals surface area contributed by atoms with Crippen LogP contribution in [-0.4, -0.2) is 26.4 Å². The van der Waals surface area contributed by atoms with Crippen molar-refractivity contribution < 1.29 is 18.0 Å². The molecule has 124 valence electrons. The third-order valence-electron chi connectivity index (χ3n) is 2.90. The molecule has 0 bridgehead atoms. The summed E-state index contributed by atoms with van der Waals surface area (Å²) in [5.74, 6) is -0.380. The van der Waals surface area contributed by atoms with Crippen LogP contribution >= 0.6 is 11.8 Å². The summed E-state index contributed by atoms with van der Waals surface area (Å²) < 4.78 is 39.7. The molecule has 1 N–H and O–H groups in total. The number of rotatable bonds is 5. The zero-order valence-electron chi connectivity index (χ0n) is 12.5. The maximum Gasteiger partial charge on any atom is 0.416 e. The maximum atomic E-state index is 12.6. The van der Waals surface area contributed by atoms with Crippen LogP contribution in [0.4, 0.5) is 18.9 Å². The molecule has 0 aliphatic heterocycles. The van der Waals surface area contributed by atoms with Crippen molar-refractivity contribution in [1.29, 1.82) is 0 Å². The van der Waals surface area contributed by atoms with Gasteiger partial charge in [0.2, 0.25) is 5.91 Å². The number of hydrogen-bond acceptors (Lipinski definition) is 4. The van der Waals surface area contributed by atoms with Gasteiger partial charge in [-0.1, -0.05) is 17.8 Å². The number of hydrogen-bond donors (Lipinski definition) is 1. The third-order valence-corrected chi connectivity index (χ3v) is 3.86. The first-order valence-electron chi connectivity index (χ1n) is 6.77. The molecule has 0 unspecified atom stereocenters. The van der Waals surface area contributed by atoms with Gasteiger partial charge in [-0.2, -0.15) is 13.2 Å². The van der Waals surface area contributed by atoms with Gasteiger partial charge in [-0.05, 0) is 32.0 Å². The summed E-state index contributed by atoms with van der Waals surface area (Å²) >= 11 is 1.17. The average Bonchev–Trinajstić information content (AvgIpc) is 2.93. The lowest BCUT2D eigenvalue weighted by molar-refractivity contribution is -0.137. The summed E-state index contributed by atoms with van der Waals surface area (Å²) in [6.45, 7) is 3.91. The molecule has 1 aromatic carbocycles. The van der Waals surface area contributed by atoms with Crippen molar-refractivity contribution >= 4 is 23.4 Å². The summed E-state index contributed by atoms with van der Waals surface area (Å²) in [7, 11) is 0. The summed E-state index contributed by atoms with van der Waals surface area (Å²) in [5.41, 5.74) is -0.696. The molecule has 0 fully saturated rings. The second-order valence-electron chi connectivity index (χ2n) is 5.03. The molecule has 0 spiro atoms. The highest BCUT2D eigenvalue weighted by molar-refractivity contribution is 7.99. The molecule has 2 rings (SSSR count). The Hall–Kier alpha value is -2.03. The van der Waals surface area contributed by atoms with Crippen LogP contribution in [0.3, 0.4) is 0 Å². The van der Waals surface area contributed by atoms with E-state index in [0.717, 1.165) is 12.1 Å². The molecular formula is C14H15F3N4OS. The summed E-state index contributed by atoms with van der Waals surface area (Å²) in [5, 5.41) is 10.7. The number of aromatic nitrogens is 3. The van der Waals surface area contributed by atoms with Gasteiger partial charge in [-0.25, -0.2) is 0 Å². The first kappa shape index (κ1) is 17.3. The van der Waals surface area contributed by atoms with Crippen LogP contribution in [0.2, 0.25) is 0 Å². The number of nitrogens with zero attached hydrogens (tertiary/aromatic N) is 3. The Morgan fingerprint density at radius 3 is 2.78 bits per heavy atom. The topological polar surface area (TPSA) is 59.8 Å². The lowest BCUT2D eigenvalue weighted by Gasteiger charge is -2.11. The number of carbonyl (C=O) groups excluding carboxylic acids is 1. The molecular weight excluding hydrogens is 329 g/mol. The molecule has 1 heterocycles. The molecule has 2 aromatic rings. The number of thioether (sulfide) groups is 1. The van der Waals surface area contributed by atoms with E-state index in [0.29, 0.717) is 5.16 Å². The third kappa shape index (κ3) is 4.72. The van der Waals surface area contributed by atoms with Crippen molar-refractivity contribution in [2.45, 2.75) is 31.2 Å². The van der Waals surface area contributed by atoms with Gasteiger partial charge in [0.15, 0.2) is 5.16 Å². The lowest BCUT2D eigenvalue weighted by atomic mass is 10.2. The number of carbonyl (C=O) groups is 1. The van der Waals surface area contributed by atoms with Crippen LogP contribution in [0.25, 0.3) is 0 Å². The van der Waals surface area contributed by atoms with Crippen molar-refractivity contribution in [3.05, 3.63) is 36.2 Å². The summed E-state index contributed by atoms with van der Waals surface area (Å²) in [6, 6.07) is 4.67. The average molecular weight is 344 g/mol. The van der Waals surface area contributed by atoms with E-state index >= 15 is 0 Å². The zero-order valence-corrected chi connectivity index (χ0v) is 13.3. The van der Waals surface area contributed by atoms with Gasteiger partial charge in [-0.3, -0.25) is 4.79 Å². The molecule has 9 heteroatoms. The fraction of sp³-hybridized carbons (Fsp3) is 0.357. The Morgan fingerprint density at radius 1 is 1.39 bits per heavy atom. The molecule has 23 heavy (non-hydrogen) atoms. The highest BCUT2D eigenvalue weighted by Crippen LogP contribution is 2.30. The molecule has 0 aliphatic carbocycles. The number of amides is 1. The second kappa shape index (κ2) is 7.03. The van der Waals surface area contributed by atoms with Gasteiger partial charge in [0.1, 0.15) is 6.33 Å². The number of anilines is 1. The van der Waals surface area contributed by atoms with E-state index < -0.39 is 17.6 Å². The van der Waals surface area contributed by atoms with E-state index in [1.807, 2.05) is 18.4 Å². The Morgan fingerprint density at radius 2 is 2.13 bits per heavy atom. The number of nitrogens with one attached hydrogen (secondary N) is 1. The Labute approximate surface area is 135 Å². The summed E-state index contributed by atoms with van der Waals surface area (Å²) in [4.78, 5) is 11.9. The standard InChI is InChI=1S/C14H15F3N4OS/c1-9(2)21-8-18-20-13(21)23-7-12(22)19-11-5-3-4-10(6-11)14(15,16)17/h3-6,8-9H,7H2,1-2H3,(H,19,22). The van der Waals surface area contributed by atoms with E-state index in [4.69, 9.17) is 0 Å². The SMILES string of the molecule is CC(C)n1cnnc1SCC(=O)Nc1cccc(C(F)(F)F)c1. The van der Waals surface area contributed by atoms with Crippen LogP contribution in [0.5, 0.6) is 0 Å². The first-order valence-corrected chi connectivity index (χ1v) is 7.75. The normalized spacial score (nSPS) is 11.7. The van der Waals surface area contributed by atoms with Crippen molar-refractivity contribution in [3.8, 4) is 0 Å². The summed E-state index contributed by atoms with van der Waals surface area (Å²) in [6.07, 6.45) is -2.87. The molecule has 0 saturated heterocycles. The first-order chi connectivity index (χ1) is 10.8. The van der Waals surface area contributed by atoms with Gasteiger partial charge in [0.25, 0.3) is 0 Å². The predicted octanol–water partition coefficient (Wildman–Crippen LogP) is 3.61. The Bertz CT molecular complexity index is 685. The molecule has 0 atom stereocenters. The number of halogens is 3. The van der Waals surface area contributed by atoms with E-state index in [1.54, 1.807) is 6.33 Å². The smallest absolute Gasteiger partial charge is 0.325 e. The minimum atomic E-state index is -4.44. The van der Waals surface area contributed by atoms with Gasteiger partial charge >= 0.3 is 6.18 Å². The van der Waals surface area contributed by atoms with Crippen molar-refractivity contribution in [2.24, 2.45) is 0 Å². The van der Waals surface area contributed by atoms with Crippen LogP contribution in [-0.2, 0) is 11.0 Å². The minimum absolute atomic E-state index is 0.0294. The van der Waals surface area contributed by atoms with Crippen LogP contribution in [0.1, 0.15) is 25.5 Å². The molecule has 5 nitrogen and oxygen atoms in total.